The zero-order valence-electron chi connectivity index (χ0n) is 17.1. The summed E-state index contributed by atoms with van der Waals surface area (Å²) in [5, 5.41) is 2.97. The van der Waals surface area contributed by atoms with E-state index < -0.39 is 11.9 Å². The second-order valence-corrected chi connectivity index (χ2v) is 7.27. The van der Waals surface area contributed by atoms with Gasteiger partial charge >= 0.3 is 5.97 Å². The minimum absolute atomic E-state index is 0.187. The Bertz CT molecular complexity index is 947. The Labute approximate surface area is 173 Å². The van der Waals surface area contributed by atoms with E-state index in [0.717, 1.165) is 16.9 Å². The molecule has 154 valence electrons. The molecule has 0 aliphatic carbocycles. The summed E-state index contributed by atoms with van der Waals surface area (Å²) in [6.07, 6.45) is 2.96. The minimum atomic E-state index is -0.580. The number of nitrogens with zero attached hydrogens (tertiary/aromatic N) is 1. The van der Waals surface area contributed by atoms with Crippen LogP contribution in [0.4, 0.5) is 5.00 Å². The summed E-state index contributed by atoms with van der Waals surface area (Å²) >= 11 is 1.05. The molecule has 2 amide bonds. The van der Waals surface area contributed by atoms with Crippen LogP contribution in [0.25, 0.3) is 6.08 Å². The molecule has 0 spiro atoms. The maximum Gasteiger partial charge on any atom is 0.341 e. The molecule has 1 heterocycles. The molecule has 0 aliphatic heterocycles. The van der Waals surface area contributed by atoms with Crippen molar-refractivity contribution >= 4 is 40.2 Å². The molecule has 0 fully saturated rings. The number of nitrogens with one attached hydrogen (secondary N) is 1. The summed E-state index contributed by atoms with van der Waals surface area (Å²) in [6.45, 7) is 3.55. The molecule has 1 N–H and O–H groups in total. The van der Waals surface area contributed by atoms with Crippen molar-refractivity contribution in [3.63, 3.8) is 0 Å². The first-order chi connectivity index (χ1) is 13.8. The van der Waals surface area contributed by atoms with Gasteiger partial charge in [0.1, 0.15) is 10.8 Å². The van der Waals surface area contributed by atoms with E-state index in [2.05, 4.69) is 5.32 Å². The Balaban J connectivity index is 2.33. The summed E-state index contributed by atoms with van der Waals surface area (Å²) in [5.41, 5.74) is 1.42. The number of hydrogen-bond donors (Lipinski definition) is 1. The lowest BCUT2D eigenvalue weighted by molar-refractivity contribution is -0.111. The smallest absolute Gasteiger partial charge is 0.341 e. The molecule has 2 rings (SSSR count). The number of thiophene rings is 1. The highest BCUT2D eigenvalue weighted by Gasteiger charge is 2.27. The van der Waals surface area contributed by atoms with Gasteiger partial charge in [0, 0.05) is 25.7 Å². The molecule has 0 bridgehead atoms. The number of ether oxygens (including phenoxy) is 2. The molecule has 8 heteroatoms. The van der Waals surface area contributed by atoms with Gasteiger partial charge < -0.3 is 19.7 Å². The number of amides is 2. The van der Waals surface area contributed by atoms with Gasteiger partial charge in [-0.3, -0.25) is 9.59 Å². The molecule has 0 aliphatic rings. The van der Waals surface area contributed by atoms with Gasteiger partial charge in [-0.15, -0.1) is 11.3 Å². The molecule has 1 aromatic carbocycles. The van der Waals surface area contributed by atoms with Crippen LogP contribution in [0.5, 0.6) is 5.75 Å². The van der Waals surface area contributed by atoms with E-state index in [9.17, 15) is 14.4 Å². The Morgan fingerprint density at radius 2 is 1.90 bits per heavy atom. The van der Waals surface area contributed by atoms with E-state index in [4.69, 9.17) is 9.47 Å². The Kier molecular flexibility index (Phi) is 7.55. The zero-order chi connectivity index (χ0) is 21.6. The molecule has 0 atom stereocenters. The fourth-order valence-corrected chi connectivity index (χ4v) is 3.80. The van der Waals surface area contributed by atoms with E-state index in [1.165, 1.54) is 11.0 Å². The summed E-state index contributed by atoms with van der Waals surface area (Å²) in [6, 6.07) is 7.27. The Morgan fingerprint density at radius 1 is 1.21 bits per heavy atom. The first-order valence-electron chi connectivity index (χ1n) is 8.94. The van der Waals surface area contributed by atoms with E-state index in [-0.39, 0.29) is 23.1 Å². The highest BCUT2D eigenvalue weighted by atomic mass is 32.1. The van der Waals surface area contributed by atoms with Gasteiger partial charge in [0.05, 0.1) is 24.2 Å². The number of methoxy groups -OCH3 is 1. The van der Waals surface area contributed by atoms with Gasteiger partial charge in [0.2, 0.25) is 5.91 Å². The zero-order valence-corrected chi connectivity index (χ0v) is 17.9. The maximum atomic E-state index is 12.5. The average Bonchev–Trinajstić information content (AvgIpc) is 3.01. The van der Waals surface area contributed by atoms with Crippen LogP contribution in [0, 0.1) is 6.92 Å². The summed E-state index contributed by atoms with van der Waals surface area (Å²) in [5.74, 6) is -0.632. The number of carbonyl (C=O) groups is 3. The number of rotatable bonds is 7. The first-order valence-corrected chi connectivity index (χ1v) is 9.76. The molecule has 0 saturated heterocycles. The predicted molar refractivity (Wildman–Crippen MR) is 114 cm³/mol. The van der Waals surface area contributed by atoms with Gasteiger partial charge in [0.15, 0.2) is 0 Å². The number of para-hydroxylation sites is 1. The molecule has 0 unspecified atom stereocenters. The van der Waals surface area contributed by atoms with Crippen LogP contribution in [0.3, 0.4) is 0 Å². The van der Waals surface area contributed by atoms with Crippen LogP contribution < -0.4 is 10.1 Å². The quantitative estimate of drug-likeness (QED) is 0.551. The topological polar surface area (TPSA) is 84.9 Å². The van der Waals surface area contributed by atoms with E-state index in [1.807, 2.05) is 18.2 Å². The van der Waals surface area contributed by atoms with E-state index in [0.29, 0.717) is 16.2 Å². The molecule has 0 radical (unpaired) electrons. The lowest BCUT2D eigenvalue weighted by atomic mass is 10.1. The Morgan fingerprint density at radius 3 is 2.52 bits per heavy atom. The van der Waals surface area contributed by atoms with Gasteiger partial charge in [-0.2, -0.15) is 0 Å². The monoisotopic (exact) mass is 416 g/mol. The fraction of sp³-hybridized carbons (Fsp3) is 0.286. The maximum absolute atomic E-state index is 12.5. The number of hydrogen-bond acceptors (Lipinski definition) is 6. The number of anilines is 1. The van der Waals surface area contributed by atoms with Crippen molar-refractivity contribution < 1.29 is 23.9 Å². The molecule has 1 aromatic heterocycles. The van der Waals surface area contributed by atoms with Gasteiger partial charge in [-0.1, -0.05) is 18.2 Å². The number of carbonyl (C=O) groups excluding carboxylic acids is 3. The van der Waals surface area contributed by atoms with Crippen molar-refractivity contribution in [3.05, 3.63) is 51.9 Å². The fourth-order valence-electron chi connectivity index (χ4n) is 2.58. The first kappa shape index (κ1) is 22.2. The third-order valence-corrected chi connectivity index (χ3v) is 5.21. The van der Waals surface area contributed by atoms with Crippen molar-refractivity contribution in [3.8, 4) is 5.75 Å². The summed E-state index contributed by atoms with van der Waals surface area (Å²) in [4.78, 5) is 39.1. The van der Waals surface area contributed by atoms with Gasteiger partial charge in [-0.05, 0) is 31.6 Å². The molecule has 7 nitrogen and oxygen atoms in total. The number of esters is 1. The molecule has 0 saturated carbocycles. The third-order valence-electron chi connectivity index (χ3n) is 4.02. The van der Waals surface area contributed by atoms with Crippen molar-refractivity contribution in [2.24, 2.45) is 0 Å². The van der Waals surface area contributed by atoms with E-state index in [1.54, 1.807) is 47.2 Å². The van der Waals surface area contributed by atoms with Crippen LogP contribution >= 0.6 is 11.3 Å². The second kappa shape index (κ2) is 9.88. The largest absolute Gasteiger partial charge is 0.496 e. The van der Waals surface area contributed by atoms with Crippen LogP contribution in [0.15, 0.2) is 30.3 Å². The van der Waals surface area contributed by atoms with Crippen LogP contribution in [-0.4, -0.2) is 50.5 Å². The summed E-state index contributed by atoms with van der Waals surface area (Å²) in [7, 11) is 4.80. The second-order valence-electron chi connectivity index (χ2n) is 6.24. The molecular weight excluding hydrogens is 392 g/mol. The highest BCUT2D eigenvalue weighted by Crippen LogP contribution is 2.34. The molecular formula is C21H24N2O5S. The normalized spacial score (nSPS) is 10.7. The van der Waals surface area contributed by atoms with Gasteiger partial charge in [-0.25, -0.2) is 4.79 Å². The predicted octanol–water partition coefficient (Wildman–Crippen LogP) is 3.60. The minimum Gasteiger partial charge on any atom is -0.496 e. The van der Waals surface area contributed by atoms with Crippen molar-refractivity contribution in [1.82, 2.24) is 4.90 Å². The third kappa shape index (κ3) is 5.23. The lowest BCUT2D eigenvalue weighted by Crippen LogP contribution is -2.21. The highest BCUT2D eigenvalue weighted by molar-refractivity contribution is 7.18. The van der Waals surface area contributed by atoms with E-state index >= 15 is 0 Å². The number of benzene rings is 1. The van der Waals surface area contributed by atoms with Crippen molar-refractivity contribution in [2.45, 2.75) is 13.8 Å². The Hall–Kier alpha value is -3.13. The van der Waals surface area contributed by atoms with Crippen molar-refractivity contribution in [1.29, 1.82) is 0 Å². The van der Waals surface area contributed by atoms with Crippen molar-refractivity contribution in [2.75, 3.05) is 33.1 Å². The average molecular weight is 416 g/mol. The van der Waals surface area contributed by atoms with Crippen LogP contribution in [0.2, 0.25) is 0 Å². The van der Waals surface area contributed by atoms with Gasteiger partial charge in [0.25, 0.3) is 5.91 Å². The standard InChI is InChI=1S/C21H24N2O5S/c1-6-28-21(26)17-13(2)18(20(25)23(3)4)29-19(17)22-16(24)12-11-14-9-7-8-10-15(14)27-5/h7-12H,6H2,1-5H3,(H,22,24). The molecule has 2 aromatic rings. The van der Waals surface area contributed by atoms with Crippen LogP contribution in [0.1, 0.15) is 38.1 Å². The lowest BCUT2D eigenvalue weighted by Gasteiger charge is -2.09. The summed E-state index contributed by atoms with van der Waals surface area (Å²) < 4.78 is 10.4. The SMILES string of the molecule is CCOC(=O)c1c(NC(=O)C=Cc2ccccc2OC)sc(C(=O)N(C)C)c1C. The molecule has 29 heavy (non-hydrogen) atoms. The van der Waals surface area contributed by atoms with Crippen LogP contribution in [-0.2, 0) is 9.53 Å².